The molecule has 152 valence electrons. The summed E-state index contributed by atoms with van der Waals surface area (Å²) < 4.78 is 20.2. The Kier molecular flexibility index (Phi) is 6.45. The van der Waals surface area contributed by atoms with E-state index in [0.29, 0.717) is 34.3 Å². The summed E-state index contributed by atoms with van der Waals surface area (Å²) >= 11 is 1.16. The predicted octanol–water partition coefficient (Wildman–Crippen LogP) is 3.17. The third kappa shape index (κ3) is 4.72. The van der Waals surface area contributed by atoms with E-state index >= 15 is 0 Å². The van der Waals surface area contributed by atoms with E-state index in [2.05, 4.69) is 15.5 Å². The van der Waals surface area contributed by atoms with Crippen LogP contribution < -0.4 is 14.8 Å². The van der Waals surface area contributed by atoms with Crippen LogP contribution >= 0.6 is 11.3 Å². The van der Waals surface area contributed by atoms with Crippen LogP contribution in [0, 0.1) is 0 Å². The minimum atomic E-state index is -0.601. The highest BCUT2D eigenvalue weighted by atomic mass is 32.1. The lowest BCUT2D eigenvalue weighted by atomic mass is 10.1. The van der Waals surface area contributed by atoms with Gasteiger partial charge in [-0.15, -0.1) is 0 Å². The molecule has 1 aromatic carbocycles. The topological polar surface area (TPSA) is 113 Å². The fourth-order valence-corrected chi connectivity index (χ4v) is 3.55. The lowest BCUT2D eigenvalue weighted by Crippen LogP contribution is -2.12. The first kappa shape index (κ1) is 20.3. The van der Waals surface area contributed by atoms with E-state index in [1.165, 1.54) is 14.2 Å². The number of nitrogens with zero attached hydrogens (tertiary/aromatic N) is 2. The average Bonchev–Trinajstić information content (AvgIpc) is 3.38. The molecule has 0 bridgehead atoms. The van der Waals surface area contributed by atoms with Gasteiger partial charge in [-0.05, 0) is 17.3 Å². The second-order valence-electron chi connectivity index (χ2n) is 5.77. The molecule has 2 heterocycles. The summed E-state index contributed by atoms with van der Waals surface area (Å²) in [4.78, 5) is 29.3. The summed E-state index contributed by atoms with van der Waals surface area (Å²) in [7, 11) is 4.30. The number of ether oxygens (including phenoxy) is 3. The quantitative estimate of drug-likeness (QED) is 0.556. The van der Waals surface area contributed by atoms with E-state index in [-0.39, 0.29) is 23.2 Å². The van der Waals surface area contributed by atoms with Gasteiger partial charge in [0.05, 0.1) is 26.2 Å². The Balaban J connectivity index is 1.78. The number of carbonyl (C=O) groups is 2. The molecule has 0 aliphatic carbocycles. The number of hydrogen-bond acceptors (Lipinski definition) is 9. The molecule has 0 unspecified atom stereocenters. The summed E-state index contributed by atoms with van der Waals surface area (Å²) in [5.41, 5.74) is 0.791. The van der Waals surface area contributed by atoms with Crippen LogP contribution in [0.5, 0.6) is 11.6 Å². The molecule has 3 aromatic rings. The lowest BCUT2D eigenvalue weighted by molar-refractivity contribution is -0.116. The standard InChI is InChI=1S/C19H19N3O6S/c1-25-13-7-5-4-6-12(13)17-16(18(24)27-3)21-19(29-17)20-14(23)9-8-11-10-15(26-2)22-28-11/h4-7,10H,8-9H2,1-3H3,(H,20,21,23). The van der Waals surface area contributed by atoms with E-state index in [0.717, 1.165) is 11.3 Å². The van der Waals surface area contributed by atoms with Gasteiger partial charge in [-0.3, -0.25) is 4.79 Å². The number of nitrogens with one attached hydrogen (secondary N) is 1. The first-order chi connectivity index (χ1) is 14.0. The number of aryl methyl sites for hydroxylation is 1. The maximum Gasteiger partial charge on any atom is 0.358 e. The van der Waals surface area contributed by atoms with Crippen LogP contribution in [0.25, 0.3) is 10.4 Å². The molecule has 2 aromatic heterocycles. The Labute approximate surface area is 170 Å². The van der Waals surface area contributed by atoms with Crippen LogP contribution in [0.4, 0.5) is 5.13 Å². The smallest absolute Gasteiger partial charge is 0.358 e. The molecule has 0 aliphatic heterocycles. The first-order valence-corrected chi connectivity index (χ1v) is 9.39. The zero-order chi connectivity index (χ0) is 20.8. The van der Waals surface area contributed by atoms with Crippen molar-refractivity contribution in [3.05, 3.63) is 41.8 Å². The number of benzene rings is 1. The van der Waals surface area contributed by atoms with Gasteiger partial charge >= 0.3 is 5.97 Å². The van der Waals surface area contributed by atoms with Gasteiger partial charge in [0.2, 0.25) is 5.91 Å². The van der Waals surface area contributed by atoms with Crippen molar-refractivity contribution in [3.63, 3.8) is 0 Å². The van der Waals surface area contributed by atoms with E-state index in [1.54, 1.807) is 19.2 Å². The van der Waals surface area contributed by atoms with Crippen LogP contribution in [0.1, 0.15) is 22.7 Å². The van der Waals surface area contributed by atoms with Crippen molar-refractivity contribution in [2.45, 2.75) is 12.8 Å². The summed E-state index contributed by atoms with van der Waals surface area (Å²) in [5, 5.41) is 6.68. The number of thiazole rings is 1. The Morgan fingerprint density at radius 1 is 1.17 bits per heavy atom. The summed E-state index contributed by atoms with van der Waals surface area (Å²) in [6.07, 6.45) is 0.492. The van der Waals surface area contributed by atoms with Crippen molar-refractivity contribution in [1.82, 2.24) is 10.1 Å². The molecule has 3 rings (SSSR count). The molecule has 0 atom stereocenters. The third-order valence-electron chi connectivity index (χ3n) is 3.95. The average molecular weight is 417 g/mol. The number of methoxy groups -OCH3 is 3. The minimum Gasteiger partial charge on any atom is -0.496 e. The van der Waals surface area contributed by atoms with Gasteiger partial charge in [0.15, 0.2) is 10.8 Å². The molecular formula is C19H19N3O6S. The first-order valence-electron chi connectivity index (χ1n) is 8.57. The van der Waals surface area contributed by atoms with Crippen molar-refractivity contribution < 1.29 is 28.3 Å². The Hall–Kier alpha value is -3.40. The number of rotatable bonds is 8. The molecule has 0 spiro atoms. The van der Waals surface area contributed by atoms with Crippen LogP contribution in [0.15, 0.2) is 34.9 Å². The molecule has 9 nitrogen and oxygen atoms in total. The number of carbonyl (C=O) groups excluding carboxylic acids is 2. The Bertz CT molecular complexity index is 1010. The van der Waals surface area contributed by atoms with E-state index in [1.807, 2.05) is 18.2 Å². The van der Waals surface area contributed by atoms with Gasteiger partial charge in [0, 0.05) is 24.5 Å². The van der Waals surface area contributed by atoms with E-state index < -0.39 is 5.97 Å². The highest BCUT2D eigenvalue weighted by Gasteiger charge is 2.23. The zero-order valence-electron chi connectivity index (χ0n) is 16.1. The largest absolute Gasteiger partial charge is 0.496 e. The monoisotopic (exact) mass is 417 g/mol. The minimum absolute atomic E-state index is 0.109. The number of aromatic nitrogens is 2. The van der Waals surface area contributed by atoms with Crippen molar-refractivity contribution >= 4 is 28.3 Å². The molecule has 1 N–H and O–H groups in total. The third-order valence-corrected chi connectivity index (χ3v) is 4.95. The number of para-hydroxylation sites is 1. The van der Waals surface area contributed by atoms with Crippen molar-refractivity contribution in [3.8, 4) is 22.1 Å². The van der Waals surface area contributed by atoms with Crippen molar-refractivity contribution in [2.24, 2.45) is 0 Å². The fourth-order valence-electron chi connectivity index (χ4n) is 2.55. The van der Waals surface area contributed by atoms with E-state index in [4.69, 9.17) is 18.7 Å². The maximum absolute atomic E-state index is 12.3. The Morgan fingerprint density at radius 2 is 1.97 bits per heavy atom. The normalized spacial score (nSPS) is 10.4. The van der Waals surface area contributed by atoms with Crippen molar-refractivity contribution in [1.29, 1.82) is 0 Å². The van der Waals surface area contributed by atoms with Gasteiger partial charge in [-0.25, -0.2) is 9.78 Å². The van der Waals surface area contributed by atoms with Crippen molar-refractivity contribution in [2.75, 3.05) is 26.6 Å². The Morgan fingerprint density at radius 3 is 2.66 bits per heavy atom. The fraction of sp³-hybridized carbons (Fsp3) is 0.263. The number of esters is 1. The molecule has 10 heteroatoms. The molecule has 29 heavy (non-hydrogen) atoms. The lowest BCUT2D eigenvalue weighted by Gasteiger charge is -2.06. The van der Waals surface area contributed by atoms with Crippen LogP contribution in [0.2, 0.25) is 0 Å². The highest BCUT2D eigenvalue weighted by molar-refractivity contribution is 7.19. The zero-order valence-corrected chi connectivity index (χ0v) is 16.9. The van der Waals surface area contributed by atoms with Gasteiger partial charge in [0.1, 0.15) is 11.5 Å². The number of anilines is 1. The molecule has 1 amide bonds. The molecule has 0 aliphatic rings. The predicted molar refractivity (Wildman–Crippen MR) is 105 cm³/mol. The summed E-state index contributed by atoms with van der Waals surface area (Å²) in [6, 6.07) is 8.85. The van der Waals surface area contributed by atoms with Crippen LogP contribution in [0.3, 0.4) is 0 Å². The second kappa shape index (κ2) is 9.20. The molecule has 0 radical (unpaired) electrons. The van der Waals surface area contributed by atoms with Crippen LogP contribution in [-0.2, 0) is 16.0 Å². The van der Waals surface area contributed by atoms with Gasteiger partial charge in [-0.2, -0.15) is 0 Å². The van der Waals surface area contributed by atoms with Crippen LogP contribution in [-0.4, -0.2) is 43.3 Å². The number of hydrogen-bond donors (Lipinski definition) is 1. The maximum atomic E-state index is 12.3. The molecule has 0 saturated heterocycles. The highest BCUT2D eigenvalue weighted by Crippen LogP contribution is 2.38. The summed E-state index contributed by atoms with van der Waals surface area (Å²) in [5.74, 6) is 0.581. The second-order valence-corrected chi connectivity index (χ2v) is 6.77. The SMILES string of the molecule is COC(=O)c1nc(NC(=O)CCc2cc(OC)no2)sc1-c1ccccc1OC. The van der Waals surface area contributed by atoms with Gasteiger partial charge < -0.3 is 24.1 Å². The molecule has 0 fully saturated rings. The van der Waals surface area contributed by atoms with E-state index in [9.17, 15) is 9.59 Å². The van der Waals surface area contributed by atoms with Gasteiger partial charge in [0.25, 0.3) is 5.88 Å². The van der Waals surface area contributed by atoms with Gasteiger partial charge in [-0.1, -0.05) is 23.5 Å². The number of amides is 1. The molecular weight excluding hydrogens is 398 g/mol. The summed E-state index contributed by atoms with van der Waals surface area (Å²) in [6.45, 7) is 0. The molecule has 0 saturated carbocycles.